The maximum absolute atomic E-state index is 5.86. The fourth-order valence-electron chi connectivity index (χ4n) is 1.81. The molecule has 0 saturated carbocycles. The molecule has 0 bridgehead atoms. The molecule has 106 valence electrons. The third-order valence-corrected chi connectivity index (χ3v) is 4.20. The molecule has 0 N–H and O–H groups in total. The number of rotatable bonds is 4. The molecule has 0 fully saturated rings. The highest BCUT2D eigenvalue weighted by atomic mass is 35.5. The van der Waals surface area contributed by atoms with Gasteiger partial charge < -0.3 is 4.52 Å². The van der Waals surface area contributed by atoms with Crippen LogP contribution in [0.15, 0.2) is 57.9 Å². The Morgan fingerprint density at radius 1 is 1.05 bits per heavy atom. The summed E-state index contributed by atoms with van der Waals surface area (Å²) in [5.41, 5.74) is 2.17. The third kappa shape index (κ3) is 3.65. The van der Waals surface area contributed by atoms with Gasteiger partial charge in [-0.1, -0.05) is 46.6 Å². The number of hydrogen-bond acceptors (Lipinski definition) is 4. The smallest absolute Gasteiger partial charge is 0.237 e. The Labute approximate surface area is 132 Å². The number of benzene rings is 2. The van der Waals surface area contributed by atoms with Gasteiger partial charge in [0.15, 0.2) is 0 Å². The van der Waals surface area contributed by atoms with Crippen molar-refractivity contribution in [1.29, 1.82) is 0 Å². The van der Waals surface area contributed by atoms with Crippen molar-refractivity contribution in [3.8, 4) is 11.4 Å². The summed E-state index contributed by atoms with van der Waals surface area (Å²) in [6.07, 6.45) is 0. The van der Waals surface area contributed by atoms with Crippen molar-refractivity contribution in [3.05, 3.63) is 65.0 Å². The lowest BCUT2D eigenvalue weighted by atomic mass is 10.1. The number of halogens is 1. The number of thioether (sulfide) groups is 1. The van der Waals surface area contributed by atoms with E-state index >= 15 is 0 Å². The molecule has 0 saturated heterocycles. The fourth-order valence-corrected chi connectivity index (χ4v) is 2.67. The minimum Gasteiger partial charge on any atom is -0.338 e. The molecule has 0 aliphatic heterocycles. The fraction of sp³-hybridized carbons (Fsp3) is 0.125. The molecule has 21 heavy (non-hydrogen) atoms. The molecule has 0 aliphatic rings. The topological polar surface area (TPSA) is 38.9 Å². The standard InChI is InChI=1S/C16H13ClN2OS/c1-11-2-4-12(5-3-11)16-18-15(20-19-16)10-21-14-8-6-13(17)7-9-14/h2-9H,10H2,1H3. The highest BCUT2D eigenvalue weighted by Gasteiger charge is 2.08. The van der Waals surface area contributed by atoms with E-state index in [1.54, 1.807) is 11.8 Å². The van der Waals surface area contributed by atoms with Crippen LogP contribution >= 0.6 is 23.4 Å². The van der Waals surface area contributed by atoms with E-state index in [1.165, 1.54) is 5.56 Å². The molecule has 3 aromatic rings. The summed E-state index contributed by atoms with van der Waals surface area (Å²) in [6.45, 7) is 2.05. The molecule has 0 aliphatic carbocycles. The Morgan fingerprint density at radius 2 is 1.76 bits per heavy atom. The highest BCUT2D eigenvalue weighted by Crippen LogP contribution is 2.25. The average Bonchev–Trinajstić information content (AvgIpc) is 2.96. The molecule has 3 rings (SSSR count). The zero-order valence-corrected chi connectivity index (χ0v) is 13.0. The summed E-state index contributed by atoms with van der Waals surface area (Å²) in [5, 5.41) is 4.76. The van der Waals surface area contributed by atoms with Crippen LogP contribution in [-0.2, 0) is 5.75 Å². The van der Waals surface area contributed by atoms with Crippen LogP contribution < -0.4 is 0 Å². The van der Waals surface area contributed by atoms with E-state index in [0.29, 0.717) is 17.5 Å². The molecule has 0 spiro atoms. The normalized spacial score (nSPS) is 10.8. The minimum atomic E-state index is 0.616. The van der Waals surface area contributed by atoms with Gasteiger partial charge in [0.1, 0.15) is 0 Å². The van der Waals surface area contributed by atoms with Crippen LogP contribution in [0.3, 0.4) is 0 Å². The lowest BCUT2D eigenvalue weighted by molar-refractivity contribution is 0.391. The summed E-state index contributed by atoms with van der Waals surface area (Å²) in [6, 6.07) is 15.8. The lowest BCUT2D eigenvalue weighted by Gasteiger charge is -1.97. The summed E-state index contributed by atoms with van der Waals surface area (Å²) in [4.78, 5) is 5.54. The van der Waals surface area contributed by atoms with Gasteiger partial charge in [0.05, 0.1) is 5.75 Å². The summed E-state index contributed by atoms with van der Waals surface area (Å²) < 4.78 is 5.29. The second-order valence-electron chi connectivity index (χ2n) is 4.62. The Bertz CT molecular complexity index is 723. The molecule has 0 amide bonds. The van der Waals surface area contributed by atoms with Crippen molar-refractivity contribution in [2.24, 2.45) is 0 Å². The second-order valence-corrected chi connectivity index (χ2v) is 6.11. The summed E-state index contributed by atoms with van der Waals surface area (Å²) in [5.74, 6) is 1.88. The molecular formula is C16H13ClN2OS. The molecule has 0 unspecified atom stereocenters. The number of hydrogen-bond donors (Lipinski definition) is 0. The van der Waals surface area contributed by atoms with Gasteiger partial charge in [-0.3, -0.25) is 0 Å². The van der Waals surface area contributed by atoms with Crippen LogP contribution in [0.2, 0.25) is 5.02 Å². The summed E-state index contributed by atoms with van der Waals surface area (Å²) >= 11 is 7.50. The first kappa shape index (κ1) is 14.2. The van der Waals surface area contributed by atoms with Crippen LogP contribution in [0.1, 0.15) is 11.5 Å². The van der Waals surface area contributed by atoms with E-state index in [0.717, 1.165) is 15.5 Å². The van der Waals surface area contributed by atoms with E-state index in [9.17, 15) is 0 Å². The predicted molar refractivity (Wildman–Crippen MR) is 85.5 cm³/mol. The average molecular weight is 317 g/mol. The van der Waals surface area contributed by atoms with Crippen molar-refractivity contribution in [3.63, 3.8) is 0 Å². The third-order valence-electron chi connectivity index (χ3n) is 2.95. The van der Waals surface area contributed by atoms with E-state index in [4.69, 9.17) is 16.1 Å². The minimum absolute atomic E-state index is 0.616. The van der Waals surface area contributed by atoms with E-state index in [1.807, 2.05) is 55.5 Å². The largest absolute Gasteiger partial charge is 0.338 e. The van der Waals surface area contributed by atoms with Gasteiger partial charge in [-0.05, 0) is 31.2 Å². The molecule has 2 aromatic carbocycles. The van der Waals surface area contributed by atoms with Crippen LogP contribution in [0.4, 0.5) is 0 Å². The molecule has 0 atom stereocenters. The molecule has 0 radical (unpaired) electrons. The first-order valence-corrected chi connectivity index (χ1v) is 7.85. The summed E-state index contributed by atoms with van der Waals surface area (Å²) in [7, 11) is 0. The van der Waals surface area contributed by atoms with Gasteiger partial charge in [0.2, 0.25) is 11.7 Å². The van der Waals surface area contributed by atoms with E-state index < -0.39 is 0 Å². The zero-order chi connectivity index (χ0) is 14.7. The Kier molecular flexibility index (Phi) is 4.27. The van der Waals surface area contributed by atoms with Crippen molar-refractivity contribution < 1.29 is 4.52 Å². The van der Waals surface area contributed by atoms with Crippen LogP contribution in [0, 0.1) is 6.92 Å². The van der Waals surface area contributed by atoms with Gasteiger partial charge in [0.25, 0.3) is 0 Å². The molecule has 5 heteroatoms. The first-order chi connectivity index (χ1) is 10.2. The van der Waals surface area contributed by atoms with E-state index in [-0.39, 0.29) is 0 Å². The highest BCUT2D eigenvalue weighted by molar-refractivity contribution is 7.98. The SMILES string of the molecule is Cc1ccc(-c2noc(CSc3ccc(Cl)cc3)n2)cc1. The number of aryl methyl sites for hydroxylation is 1. The maximum atomic E-state index is 5.86. The zero-order valence-electron chi connectivity index (χ0n) is 11.4. The van der Waals surface area contributed by atoms with Gasteiger partial charge in [-0.25, -0.2) is 0 Å². The van der Waals surface area contributed by atoms with Crippen molar-refractivity contribution in [1.82, 2.24) is 10.1 Å². The maximum Gasteiger partial charge on any atom is 0.237 e. The number of aromatic nitrogens is 2. The molecular weight excluding hydrogens is 304 g/mol. The molecule has 1 heterocycles. The van der Waals surface area contributed by atoms with Crippen molar-refractivity contribution in [2.75, 3.05) is 0 Å². The Morgan fingerprint density at radius 3 is 2.48 bits per heavy atom. The van der Waals surface area contributed by atoms with Gasteiger partial charge in [0, 0.05) is 15.5 Å². The van der Waals surface area contributed by atoms with Crippen molar-refractivity contribution >= 4 is 23.4 Å². The van der Waals surface area contributed by atoms with Crippen LogP contribution in [0.5, 0.6) is 0 Å². The lowest BCUT2D eigenvalue weighted by Crippen LogP contribution is -1.83. The first-order valence-electron chi connectivity index (χ1n) is 6.49. The number of nitrogens with zero attached hydrogens (tertiary/aromatic N) is 2. The van der Waals surface area contributed by atoms with E-state index in [2.05, 4.69) is 10.1 Å². The second kappa shape index (κ2) is 6.33. The van der Waals surface area contributed by atoms with Crippen LogP contribution in [-0.4, -0.2) is 10.1 Å². The van der Waals surface area contributed by atoms with Gasteiger partial charge in [-0.15, -0.1) is 11.8 Å². The quantitative estimate of drug-likeness (QED) is 0.636. The van der Waals surface area contributed by atoms with Gasteiger partial charge >= 0.3 is 0 Å². The Hall–Kier alpha value is -1.78. The molecule has 1 aromatic heterocycles. The van der Waals surface area contributed by atoms with Crippen LogP contribution in [0.25, 0.3) is 11.4 Å². The predicted octanol–water partition coefficient (Wildman–Crippen LogP) is 4.99. The monoisotopic (exact) mass is 316 g/mol. The van der Waals surface area contributed by atoms with Crippen molar-refractivity contribution in [2.45, 2.75) is 17.6 Å². The van der Waals surface area contributed by atoms with Gasteiger partial charge in [-0.2, -0.15) is 4.98 Å². The Balaban J connectivity index is 1.67. The molecule has 3 nitrogen and oxygen atoms in total.